The molecule has 0 saturated heterocycles. The van der Waals surface area contributed by atoms with E-state index in [1.54, 1.807) is 24.4 Å². The minimum absolute atomic E-state index is 0.183. The van der Waals surface area contributed by atoms with Crippen LogP contribution in [0.1, 0.15) is 23.6 Å². The van der Waals surface area contributed by atoms with Crippen LogP contribution in [0.2, 0.25) is 0 Å². The van der Waals surface area contributed by atoms with Gasteiger partial charge in [0, 0.05) is 17.3 Å². The Kier molecular flexibility index (Phi) is 5.57. The first-order valence-electron chi connectivity index (χ1n) is 8.34. The fraction of sp³-hybridized carbons (Fsp3) is 0.136. The zero-order valence-electron chi connectivity index (χ0n) is 14.2. The van der Waals surface area contributed by atoms with E-state index in [0.717, 1.165) is 17.7 Å². The van der Waals surface area contributed by atoms with Gasteiger partial charge >= 0.3 is 0 Å². The maximum Gasteiger partial charge on any atom is 0.129 e. The van der Waals surface area contributed by atoms with E-state index >= 15 is 0 Å². The highest BCUT2D eigenvalue weighted by molar-refractivity contribution is 5.85. The van der Waals surface area contributed by atoms with E-state index in [-0.39, 0.29) is 12.4 Å². The van der Waals surface area contributed by atoms with Crippen molar-refractivity contribution >= 4 is 11.9 Å². The second-order valence-corrected chi connectivity index (χ2v) is 5.70. The molecular weight excluding hydrogens is 313 g/mol. The van der Waals surface area contributed by atoms with E-state index in [0.29, 0.717) is 11.3 Å². The minimum atomic E-state index is -0.260. The summed E-state index contributed by atoms with van der Waals surface area (Å²) >= 11 is 0. The smallest absolute Gasteiger partial charge is 0.129 e. The molecule has 3 rings (SSSR count). The summed E-state index contributed by atoms with van der Waals surface area (Å²) in [5.41, 5.74) is 3.57. The van der Waals surface area contributed by atoms with Gasteiger partial charge in [0.2, 0.25) is 0 Å². The van der Waals surface area contributed by atoms with Crippen LogP contribution in [0.3, 0.4) is 0 Å². The molecule has 2 nitrogen and oxygen atoms in total. The van der Waals surface area contributed by atoms with E-state index < -0.39 is 0 Å². The number of hydrogen-bond donors (Lipinski definition) is 0. The summed E-state index contributed by atoms with van der Waals surface area (Å²) in [6, 6.07) is 22.4. The summed E-state index contributed by atoms with van der Waals surface area (Å²) in [7, 11) is 0. The highest BCUT2D eigenvalue weighted by atomic mass is 19.1. The fourth-order valence-electron chi connectivity index (χ4n) is 2.45. The number of rotatable bonds is 6. The monoisotopic (exact) mass is 333 g/mol. The second-order valence-electron chi connectivity index (χ2n) is 5.70. The number of nitrogens with zero attached hydrogens (tertiary/aromatic N) is 1. The first-order valence-corrected chi connectivity index (χ1v) is 8.34. The molecule has 0 unspecified atom stereocenters. The molecule has 0 amide bonds. The van der Waals surface area contributed by atoms with E-state index in [1.165, 1.54) is 11.6 Å². The third kappa shape index (κ3) is 4.54. The molecule has 3 aromatic carbocycles. The third-order valence-electron chi connectivity index (χ3n) is 3.96. The average Bonchev–Trinajstić information content (AvgIpc) is 2.67. The van der Waals surface area contributed by atoms with Crippen LogP contribution in [0.15, 0.2) is 77.8 Å². The number of halogens is 1. The number of ether oxygens (including phenoxy) is 1. The molecule has 0 atom stereocenters. The summed E-state index contributed by atoms with van der Waals surface area (Å²) in [6.45, 7) is 2.31. The summed E-state index contributed by atoms with van der Waals surface area (Å²) in [6.07, 6.45) is 2.79. The topological polar surface area (TPSA) is 21.6 Å². The van der Waals surface area contributed by atoms with Gasteiger partial charge in [0.15, 0.2) is 0 Å². The largest absolute Gasteiger partial charge is 0.488 e. The van der Waals surface area contributed by atoms with Gasteiger partial charge < -0.3 is 4.74 Å². The summed E-state index contributed by atoms with van der Waals surface area (Å²) in [5, 5.41) is 0. The highest BCUT2D eigenvalue weighted by Crippen LogP contribution is 2.20. The molecule has 0 aromatic heterocycles. The van der Waals surface area contributed by atoms with Crippen LogP contribution in [-0.4, -0.2) is 6.21 Å². The van der Waals surface area contributed by atoms with Crippen molar-refractivity contribution in [2.45, 2.75) is 20.0 Å². The van der Waals surface area contributed by atoms with E-state index in [9.17, 15) is 4.39 Å². The molecule has 0 spiro atoms. The summed E-state index contributed by atoms with van der Waals surface area (Å²) in [5.74, 6) is 0.421. The predicted octanol–water partition coefficient (Wildman–Crippen LogP) is 5.72. The van der Waals surface area contributed by atoms with Gasteiger partial charge in [-0.1, -0.05) is 49.4 Å². The quantitative estimate of drug-likeness (QED) is 0.529. The van der Waals surface area contributed by atoms with E-state index in [1.807, 2.05) is 36.4 Å². The Morgan fingerprint density at radius 2 is 1.64 bits per heavy atom. The number of benzene rings is 3. The standard InChI is InChI=1S/C22H20FNO/c1-2-17-11-13-20(14-12-17)24-15-18-7-4-6-10-22(18)25-16-19-8-3-5-9-21(19)23/h3-15H,2,16H2,1H3. The molecule has 0 N–H and O–H groups in total. The van der Waals surface area contributed by atoms with Crippen molar-refractivity contribution < 1.29 is 9.13 Å². The van der Waals surface area contributed by atoms with Crippen molar-refractivity contribution in [2.75, 3.05) is 0 Å². The van der Waals surface area contributed by atoms with Crippen LogP contribution in [0, 0.1) is 5.82 Å². The van der Waals surface area contributed by atoms with Crippen molar-refractivity contribution in [3.8, 4) is 5.75 Å². The Hall–Kier alpha value is -2.94. The number of para-hydroxylation sites is 1. The lowest BCUT2D eigenvalue weighted by Crippen LogP contribution is -2.00. The molecule has 0 aliphatic carbocycles. The zero-order chi connectivity index (χ0) is 17.5. The van der Waals surface area contributed by atoms with E-state index in [2.05, 4.69) is 24.0 Å². The molecule has 0 heterocycles. The van der Waals surface area contributed by atoms with Gasteiger partial charge in [0.05, 0.1) is 5.69 Å². The molecule has 0 aliphatic heterocycles. The average molecular weight is 333 g/mol. The molecule has 0 fully saturated rings. The third-order valence-corrected chi connectivity index (χ3v) is 3.96. The molecule has 0 aliphatic rings. The van der Waals surface area contributed by atoms with Gasteiger partial charge in [-0.2, -0.15) is 0 Å². The molecule has 3 heteroatoms. The van der Waals surface area contributed by atoms with Gasteiger partial charge in [-0.15, -0.1) is 0 Å². The molecule has 0 saturated carbocycles. The van der Waals surface area contributed by atoms with Gasteiger partial charge in [-0.3, -0.25) is 4.99 Å². The van der Waals surface area contributed by atoms with Crippen LogP contribution >= 0.6 is 0 Å². The molecule has 0 bridgehead atoms. The number of aliphatic imine (C=N–C) groups is 1. The van der Waals surface area contributed by atoms with Crippen LogP contribution in [0.4, 0.5) is 10.1 Å². The van der Waals surface area contributed by atoms with Crippen LogP contribution < -0.4 is 4.74 Å². The van der Waals surface area contributed by atoms with Crippen LogP contribution in [0.5, 0.6) is 5.75 Å². The lowest BCUT2D eigenvalue weighted by molar-refractivity contribution is 0.299. The predicted molar refractivity (Wildman–Crippen MR) is 100 cm³/mol. The maximum atomic E-state index is 13.7. The molecular formula is C22H20FNO. The molecule has 0 radical (unpaired) electrons. The first-order chi connectivity index (χ1) is 12.3. The van der Waals surface area contributed by atoms with Gasteiger partial charge in [-0.05, 0) is 42.3 Å². The van der Waals surface area contributed by atoms with Crippen LogP contribution in [0.25, 0.3) is 0 Å². The Balaban J connectivity index is 1.74. The number of hydrogen-bond acceptors (Lipinski definition) is 2. The van der Waals surface area contributed by atoms with Crippen molar-refractivity contribution in [1.29, 1.82) is 0 Å². The highest BCUT2D eigenvalue weighted by Gasteiger charge is 2.04. The lowest BCUT2D eigenvalue weighted by atomic mass is 10.1. The second kappa shape index (κ2) is 8.25. The van der Waals surface area contributed by atoms with Crippen molar-refractivity contribution in [2.24, 2.45) is 4.99 Å². The Labute approximate surface area is 147 Å². The SMILES string of the molecule is CCc1ccc(N=Cc2ccccc2OCc2ccccc2F)cc1. The van der Waals surface area contributed by atoms with Crippen LogP contribution in [-0.2, 0) is 13.0 Å². The normalized spacial score (nSPS) is 11.0. The van der Waals surface area contributed by atoms with E-state index in [4.69, 9.17) is 4.74 Å². The fourth-order valence-corrected chi connectivity index (χ4v) is 2.45. The molecule has 126 valence electrons. The van der Waals surface area contributed by atoms with Crippen molar-refractivity contribution in [3.63, 3.8) is 0 Å². The Morgan fingerprint density at radius 3 is 2.40 bits per heavy atom. The Bertz CT molecular complexity index is 856. The van der Waals surface area contributed by atoms with Crippen molar-refractivity contribution in [3.05, 3.63) is 95.3 Å². The number of aryl methyl sites for hydroxylation is 1. The minimum Gasteiger partial charge on any atom is -0.488 e. The maximum absolute atomic E-state index is 13.7. The zero-order valence-corrected chi connectivity index (χ0v) is 14.2. The van der Waals surface area contributed by atoms with Gasteiger partial charge in [0.25, 0.3) is 0 Å². The summed E-state index contributed by atoms with van der Waals surface area (Å²) < 4.78 is 19.5. The lowest BCUT2D eigenvalue weighted by Gasteiger charge is -2.09. The Morgan fingerprint density at radius 1 is 0.920 bits per heavy atom. The van der Waals surface area contributed by atoms with Gasteiger partial charge in [0.1, 0.15) is 18.2 Å². The van der Waals surface area contributed by atoms with Crippen molar-refractivity contribution in [1.82, 2.24) is 0 Å². The van der Waals surface area contributed by atoms with Gasteiger partial charge in [-0.25, -0.2) is 4.39 Å². The molecule has 25 heavy (non-hydrogen) atoms. The first kappa shape index (κ1) is 16.9. The summed E-state index contributed by atoms with van der Waals surface area (Å²) in [4.78, 5) is 4.51. The molecule has 3 aromatic rings.